The van der Waals surface area contributed by atoms with Crippen LogP contribution < -0.4 is 5.32 Å². The number of carbonyl (C=O) groups is 1. The Morgan fingerprint density at radius 1 is 1.24 bits per heavy atom. The summed E-state index contributed by atoms with van der Waals surface area (Å²) in [4.78, 5) is 25.0. The molecular weight excluding hydrogens is 388 g/mol. The molecule has 2 aromatic rings. The van der Waals surface area contributed by atoms with Gasteiger partial charge in [0.1, 0.15) is 6.26 Å². The van der Waals surface area contributed by atoms with Crippen molar-refractivity contribution in [3.05, 3.63) is 39.9 Å². The molecule has 0 aliphatic carbocycles. The van der Waals surface area contributed by atoms with E-state index in [4.69, 9.17) is 4.52 Å². The number of hydrogen-bond acceptors (Lipinski definition) is 6. The van der Waals surface area contributed by atoms with Gasteiger partial charge in [0.15, 0.2) is 5.96 Å². The highest BCUT2D eigenvalue weighted by Crippen LogP contribution is 2.24. The molecule has 0 aromatic carbocycles. The van der Waals surface area contributed by atoms with Crippen LogP contribution in [0.25, 0.3) is 0 Å². The number of carbonyl (C=O) groups excluding carboxylic acids is 1. The van der Waals surface area contributed by atoms with E-state index in [0.717, 1.165) is 63.9 Å². The molecule has 8 nitrogen and oxygen atoms in total. The number of piperazine rings is 1. The Morgan fingerprint density at radius 3 is 2.86 bits per heavy atom. The zero-order valence-corrected chi connectivity index (χ0v) is 17.7. The number of hydrogen-bond donors (Lipinski definition) is 1. The lowest BCUT2D eigenvalue weighted by atomic mass is 10.1. The summed E-state index contributed by atoms with van der Waals surface area (Å²) >= 11 is 1.80. The van der Waals surface area contributed by atoms with Gasteiger partial charge in [-0.25, -0.2) is 0 Å². The number of fused-ring (bicyclic) bond motifs is 1. The van der Waals surface area contributed by atoms with E-state index in [0.29, 0.717) is 13.0 Å². The lowest BCUT2D eigenvalue weighted by Gasteiger charge is -2.36. The predicted octanol–water partition coefficient (Wildman–Crippen LogP) is 1.40. The second-order valence-corrected chi connectivity index (χ2v) is 8.41. The summed E-state index contributed by atoms with van der Waals surface area (Å²) < 4.78 is 4.91. The van der Waals surface area contributed by atoms with Crippen molar-refractivity contribution in [3.63, 3.8) is 0 Å². The lowest BCUT2D eigenvalue weighted by molar-refractivity contribution is -0.131. The van der Waals surface area contributed by atoms with E-state index >= 15 is 0 Å². The van der Waals surface area contributed by atoms with Gasteiger partial charge in [-0.05, 0) is 23.4 Å². The average Bonchev–Trinajstić information content (AvgIpc) is 3.43. The Labute approximate surface area is 175 Å². The second kappa shape index (κ2) is 9.41. The monoisotopic (exact) mass is 416 g/mol. The van der Waals surface area contributed by atoms with Crippen LogP contribution in [0.2, 0.25) is 0 Å². The molecule has 0 spiro atoms. The number of guanidine groups is 1. The number of rotatable bonds is 5. The Balaban J connectivity index is 1.19. The first-order valence-corrected chi connectivity index (χ1v) is 11.0. The molecule has 0 radical (unpaired) electrons. The van der Waals surface area contributed by atoms with Crippen molar-refractivity contribution in [2.45, 2.75) is 25.9 Å². The highest BCUT2D eigenvalue weighted by Gasteiger charge is 2.22. The van der Waals surface area contributed by atoms with E-state index in [2.05, 4.69) is 36.7 Å². The highest BCUT2D eigenvalue weighted by atomic mass is 32.1. The minimum absolute atomic E-state index is 0.210. The van der Waals surface area contributed by atoms with E-state index in [9.17, 15) is 4.79 Å². The molecule has 9 heteroatoms. The third-order valence-corrected chi connectivity index (χ3v) is 6.57. The van der Waals surface area contributed by atoms with Gasteiger partial charge in [0.05, 0.1) is 5.69 Å². The van der Waals surface area contributed by atoms with Gasteiger partial charge in [-0.1, -0.05) is 5.16 Å². The van der Waals surface area contributed by atoms with E-state index in [1.54, 1.807) is 24.6 Å². The molecule has 1 saturated heterocycles. The number of thiophene rings is 1. The molecule has 0 saturated carbocycles. The third kappa shape index (κ3) is 4.97. The number of aliphatic imine (C=N–C) groups is 1. The number of amides is 1. The van der Waals surface area contributed by atoms with Crippen LogP contribution in [-0.4, -0.2) is 78.0 Å². The van der Waals surface area contributed by atoms with Gasteiger partial charge in [0.25, 0.3) is 0 Å². The summed E-state index contributed by atoms with van der Waals surface area (Å²) in [6.07, 6.45) is 3.08. The second-order valence-electron chi connectivity index (χ2n) is 7.41. The largest absolute Gasteiger partial charge is 0.364 e. The fourth-order valence-electron chi connectivity index (χ4n) is 3.90. The molecule has 156 valence electrons. The summed E-state index contributed by atoms with van der Waals surface area (Å²) in [5.74, 6) is 1.08. The zero-order chi connectivity index (χ0) is 20.1. The van der Waals surface area contributed by atoms with Crippen molar-refractivity contribution in [3.8, 4) is 0 Å². The highest BCUT2D eigenvalue weighted by molar-refractivity contribution is 7.10. The van der Waals surface area contributed by atoms with Crippen molar-refractivity contribution < 1.29 is 9.32 Å². The maximum absolute atomic E-state index is 12.6. The SMILES string of the molecule is CN=C(NCCC(=O)N1CCc2sccc2C1)N1CCN(Cc2ccon2)CC1. The van der Waals surface area contributed by atoms with Crippen molar-refractivity contribution in [1.29, 1.82) is 0 Å². The molecule has 1 amide bonds. The Hall–Kier alpha value is -2.39. The topological polar surface area (TPSA) is 77.2 Å². The van der Waals surface area contributed by atoms with E-state index < -0.39 is 0 Å². The standard InChI is InChI=1S/C20H28N6O2S/c1-21-20(25-10-8-24(9-11-25)15-17-4-12-28-23-17)22-6-2-19(27)26-7-3-18-16(14-26)5-13-29-18/h4-5,12-13H,2-3,6-11,14-15H2,1H3,(H,21,22). The van der Waals surface area contributed by atoms with Crippen molar-refractivity contribution in [1.82, 2.24) is 25.2 Å². The van der Waals surface area contributed by atoms with Crippen LogP contribution in [0, 0.1) is 0 Å². The molecule has 2 aromatic heterocycles. The number of nitrogens with one attached hydrogen (secondary N) is 1. The first kappa shape index (κ1) is 19.9. The first-order valence-electron chi connectivity index (χ1n) is 10.1. The van der Waals surface area contributed by atoms with Gasteiger partial charge in [-0.15, -0.1) is 11.3 Å². The van der Waals surface area contributed by atoms with Gasteiger partial charge in [0.2, 0.25) is 5.91 Å². The van der Waals surface area contributed by atoms with Crippen molar-refractivity contribution in [2.24, 2.45) is 4.99 Å². The maximum Gasteiger partial charge on any atom is 0.224 e. The van der Waals surface area contributed by atoms with Gasteiger partial charge < -0.3 is 19.6 Å². The molecule has 1 N–H and O–H groups in total. The van der Waals surface area contributed by atoms with Gasteiger partial charge in [-0.2, -0.15) is 0 Å². The normalized spacial score (nSPS) is 18.0. The average molecular weight is 417 g/mol. The Morgan fingerprint density at radius 2 is 2.10 bits per heavy atom. The molecule has 0 bridgehead atoms. The van der Waals surface area contributed by atoms with Crippen LogP contribution in [0.5, 0.6) is 0 Å². The maximum atomic E-state index is 12.6. The summed E-state index contributed by atoms with van der Waals surface area (Å²) in [6.45, 7) is 6.70. The Bertz CT molecular complexity index is 826. The molecule has 4 rings (SSSR count). The summed E-state index contributed by atoms with van der Waals surface area (Å²) in [7, 11) is 1.80. The van der Waals surface area contributed by atoms with Crippen LogP contribution in [0.4, 0.5) is 0 Å². The van der Waals surface area contributed by atoms with E-state index in [1.807, 2.05) is 11.0 Å². The minimum Gasteiger partial charge on any atom is -0.364 e. The minimum atomic E-state index is 0.210. The summed E-state index contributed by atoms with van der Waals surface area (Å²) in [6, 6.07) is 4.05. The fraction of sp³-hybridized carbons (Fsp3) is 0.550. The van der Waals surface area contributed by atoms with Crippen LogP contribution in [-0.2, 0) is 24.3 Å². The summed E-state index contributed by atoms with van der Waals surface area (Å²) in [5, 5.41) is 9.47. The molecule has 29 heavy (non-hydrogen) atoms. The van der Waals surface area contributed by atoms with Crippen LogP contribution >= 0.6 is 11.3 Å². The van der Waals surface area contributed by atoms with E-state index in [1.165, 1.54) is 10.4 Å². The number of aromatic nitrogens is 1. The van der Waals surface area contributed by atoms with Crippen molar-refractivity contribution >= 4 is 23.2 Å². The zero-order valence-electron chi connectivity index (χ0n) is 16.8. The molecule has 2 aliphatic heterocycles. The third-order valence-electron chi connectivity index (χ3n) is 5.54. The fourth-order valence-corrected chi connectivity index (χ4v) is 4.79. The van der Waals surface area contributed by atoms with Crippen LogP contribution in [0.3, 0.4) is 0 Å². The smallest absolute Gasteiger partial charge is 0.224 e. The van der Waals surface area contributed by atoms with Gasteiger partial charge >= 0.3 is 0 Å². The lowest BCUT2D eigenvalue weighted by Crippen LogP contribution is -2.52. The first-order chi connectivity index (χ1) is 14.2. The molecule has 4 heterocycles. The van der Waals surface area contributed by atoms with E-state index in [-0.39, 0.29) is 5.91 Å². The predicted molar refractivity (Wildman–Crippen MR) is 113 cm³/mol. The molecular formula is C20H28N6O2S. The number of nitrogens with zero attached hydrogens (tertiary/aromatic N) is 5. The quantitative estimate of drug-likeness (QED) is 0.587. The summed E-state index contributed by atoms with van der Waals surface area (Å²) in [5.41, 5.74) is 2.27. The van der Waals surface area contributed by atoms with Crippen LogP contribution in [0.15, 0.2) is 33.3 Å². The van der Waals surface area contributed by atoms with Gasteiger partial charge in [0, 0.05) is 76.8 Å². The molecule has 2 aliphatic rings. The van der Waals surface area contributed by atoms with Crippen LogP contribution in [0.1, 0.15) is 22.6 Å². The Kier molecular flexibility index (Phi) is 6.46. The van der Waals surface area contributed by atoms with Gasteiger partial charge in [-0.3, -0.25) is 14.7 Å². The molecule has 0 atom stereocenters. The molecule has 1 fully saturated rings. The molecule has 0 unspecified atom stereocenters. The van der Waals surface area contributed by atoms with Crippen molar-refractivity contribution in [2.75, 3.05) is 46.3 Å².